The Kier molecular flexibility index (Phi) is 6.79. The van der Waals surface area contributed by atoms with Crippen LogP contribution >= 0.6 is 0 Å². The molecule has 9 heteroatoms. The van der Waals surface area contributed by atoms with Crippen LogP contribution < -0.4 is 11.1 Å². The Morgan fingerprint density at radius 2 is 1.82 bits per heavy atom. The van der Waals surface area contributed by atoms with Gasteiger partial charge in [0.25, 0.3) is 0 Å². The van der Waals surface area contributed by atoms with Crippen LogP contribution in [0.15, 0.2) is 42.7 Å². The lowest BCUT2D eigenvalue weighted by Crippen LogP contribution is -2.11. The van der Waals surface area contributed by atoms with Crippen LogP contribution in [0.4, 0.5) is 16.2 Å². The van der Waals surface area contributed by atoms with Gasteiger partial charge in [0, 0.05) is 24.8 Å². The molecule has 0 bridgehead atoms. The summed E-state index contributed by atoms with van der Waals surface area (Å²) in [4.78, 5) is 19.9. The highest BCUT2D eigenvalue weighted by Gasteiger charge is 2.19. The number of nitrogens with two attached hydrogens (primary N) is 1. The minimum atomic E-state index is -0.430. The Morgan fingerprint density at radius 3 is 2.52 bits per heavy atom. The number of aromatic nitrogens is 5. The number of unbranched alkanes of at least 4 members (excludes halogenated alkanes) is 1. The predicted octanol–water partition coefficient (Wildman–Crippen LogP) is 3.93. The van der Waals surface area contributed by atoms with Crippen LogP contribution in [0, 0.1) is 5.82 Å². The topological polar surface area (TPSA) is 97.8 Å². The van der Waals surface area contributed by atoms with Gasteiger partial charge < -0.3 is 20.5 Å². The molecule has 0 spiro atoms. The number of pyridine rings is 1. The van der Waals surface area contributed by atoms with E-state index < -0.39 is 5.82 Å². The summed E-state index contributed by atoms with van der Waals surface area (Å²) in [7, 11) is 4.09. The lowest BCUT2D eigenvalue weighted by Gasteiger charge is -2.12. The average molecular weight is 449 g/mol. The minimum absolute atomic E-state index is 0.282. The van der Waals surface area contributed by atoms with Crippen molar-refractivity contribution in [1.82, 2.24) is 29.4 Å². The summed E-state index contributed by atoms with van der Waals surface area (Å²) in [5.74, 6) is 0.853. The van der Waals surface area contributed by atoms with Gasteiger partial charge in [-0.25, -0.2) is 9.37 Å². The number of hydrogen-bond donors (Lipinski definition) is 2. The summed E-state index contributed by atoms with van der Waals surface area (Å²) >= 11 is 0. The van der Waals surface area contributed by atoms with Crippen LogP contribution in [0.2, 0.25) is 0 Å². The normalized spacial score (nSPS) is 11.4. The lowest BCUT2D eigenvalue weighted by molar-refractivity contribution is 0.402. The fourth-order valence-electron chi connectivity index (χ4n) is 3.68. The third kappa shape index (κ3) is 5.25. The van der Waals surface area contributed by atoms with E-state index in [1.807, 2.05) is 18.7 Å². The molecule has 3 N–H and O–H groups in total. The van der Waals surface area contributed by atoms with Gasteiger partial charge >= 0.3 is 0 Å². The molecule has 0 unspecified atom stereocenters. The molecule has 8 nitrogen and oxygen atoms in total. The van der Waals surface area contributed by atoms with Gasteiger partial charge in [-0.05, 0) is 37.7 Å². The maximum atomic E-state index is 14.0. The molecule has 0 saturated heterocycles. The summed E-state index contributed by atoms with van der Waals surface area (Å²) in [5.41, 5.74) is 10.2. The van der Waals surface area contributed by atoms with Gasteiger partial charge in [-0.3, -0.25) is 4.98 Å². The van der Waals surface area contributed by atoms with Crippen molar-refractivity contribution in [1.29, 1.82) is 0 Å². The second kappa shape index (κ2) is 9.91. The Hall–Kier alpha value is -3.59. The molecule has 172 valence electrons. The molecule has 0 atom stereocenters. The fraction of sp³-hybridized carbons (Fsp3) is 0.333. The van der Waals surface area contributed by atoms with E-state index in [4.69, 9.17) is 10.7 Å². The molecule has 4 rings (SSSR count). The average Bonchev–Trinajstić information content (AvgIpc) is 3.14. The van der Waals surface area contributed by atoms with E-state index >= 15 is 0 Å². The zero-order valence-corrected chi connectivity index (χ0v) is 19.2. The van der Waals surface area contributed by atoms with E-state index in [0.29, 0.717) is 35.0 Å². The maximum absolute atomic E-state index is 14.0. The first-order chi connectivity index (χ1) is 15.9. The predicted molar refractivity (Wildman–Crippen MR) is 129 cm³/mol. The van der Waals surface area contributed by atoms with E-state index in [2.05, 4.69) is 56.4 Å². The minimum Gasteiger partial charge on any atom is -0.382 e. The number of benzene rings is 1. The number of nitrogen functional groups attached to an aromatic ring is 1. The van der Waals surface area contributed by atoms with Crippen molar-refractivity contribution in [3.8, 4) is 11.4 Å². The van der Waals surface area contributed by atoms with E-state index in [1.165, 1.54) is 17.8 Å². The van der Waals surface area contributed by atoms with Crippen LogP contribution in [-0.4, -0.2) is 50.0 Å². The second-order valence-corrected chi connectivity index (χ2v) is 8.35. The summed E-state index contributed by atoms with van der Waals surface area (Å²) < 4.78 is 15.9. The van der Waals surface area contributed by atoms with Gasteiger partial charge in [-0.2, -0.15) is 9.97 Å². The fourth-order valence-corrected chi connectivity index (χ4v) is 3.68. The van der Waals surface area contributed by atoms with Gasteiger partial charge in [0.05, 0.1) is 12.7 Å². The van der Waals surface area contributed by atoms with Crippen LogP contribution in [0.3, 0.4) is 0 Å². The molecule has 0 aliphatic carbocycles. The number of rotatable bonds is 9. The molecule has 1 aromatic carbocycles. The Labute approximate surface area is 192 Å². The summed E-state index contributed by atoms with van der Waals surface area (Å²) in [6.45, 7) is 4.24. The molecule has 0 saturated carbocycles. The second-order valence-electron chi connectivity index (χ2n) is 8.35. The number of halogens is 1. The highest BCUT2D eigenvalue weighted by atomic mass is 19.1. The molecule has 0 aliphatic heterocycles. The number of nitrogens with one attached hydrogen (secondary N) is 1. The molecule has 3 aromatic heterocycles. The van der Waals surface area contributed by atoms with Crippen LogP contribution in [0.1, 0.15) is 30.9 Å². The quantitative estimate of drug-likeness (QED) is 0.374. The third-order valence-corrected chi connectivity index (χ3v) is 5.26. The molecule has 0 fully saturated rings. The molecule has 0 aliphatic rings. The number of hydrogen-bond acceptors (Lipinski definition) is 7. The third-order valence-electron chi connectivity index (χ3n) is 5.26. The number of imidazole rings is 1. The van der Waals surface area contributed by atoms with Gasteiger partial charge in [0.2, 0.25) is 5.95 Å². The molecule has 0 radical (unpaired) electrons. The first kappa shape index (κ1) is 22.6. The van der Waals surface area contributed by atoms with Gasteiger partial charge in [0.1, 0.15) is 11.6 Å². The summed E-state index contributed by atoms with van der Waals surface area (Å²) in [5, 5.41) is 3.23. The monoisotopic (exact) mass is 448 g/mol. The molecule has 0 amide bonds. The largest absolute Gasteiger partial charge is 0.382 e. The van der Waals surface area contributed by atoms with Crippen molar-refractivity contribution in [3.63, 3.8) is 0 Å². The van der Waals surface area contributed by atoms with Crippen LogP contribution in [0.25, 0.3) is 22.6 Å². The summed E-state index contributed by atoms with van der Waals surface area (Å²) in [6.07, 6.45) is 4.82. The Morgan fingerprint density at radius 1 is 1.06 bits per heavy atom. The Balaban J connectivity index is 1.79. The Bertz CT molecular complexity index is 1230. The smallest absolute Gasteiger partial charge is 0.226 e. The number of nitrogens with zero attached hydrogens (tertiary/aromatic N) is 6. The molecular formula is C24H29FN8. The summed E-state index contributed by atoms with van der Waals surface area (Å²) in [6, 6.07) is 9.80. The maximum Gasteiger partial charge on any atom is 0.226 e. The van der Waals surface area contributed by atoms with Crippen molar-refractivity contribution >= 4 is 22.9 Å². The van der Waals surface area contributed by atoms with Gasteiger partial charge in [-0.1, -0.05) is 37.6 Å². The van der Waals surface area contributed by atoms with E-state index in [1.54, 1.807) is 6.20 Å². The standard InChI is InChI=1S/C24H29FN8/c1-4-5-10-28-24-30-21(26)20-23(31-24)33(22(29-20)18-11-19(25)13-27-12-18)15-17-8-6-16(7-9-17)14-32(2)3/h6-9,11-13H,4-5,10,14-15H2,1-3H3,(H3,26,28,30,31). The zero-order chi connectivity index (χ0) is 23.4. The van der Waals surface area contributed by atoms with Crippen molar-refractivity contribution < 1.29 is 4.39 Å². The van der Waals surface area contributed by atoms with Gasteiger partial charge in [0.15, 0.2) is 17.0 Å². The van der Waals surface area contributed by atoms with Crippen molar-refractivity contribution in [2.45, 2.75) is 32.9 Å². The van der Waals surface area contributed by atoms with Crippen LogP contribution in [0.5, 0.6) is 0 Å². The lowest BCUT2D eigenvalue weighted by atomic mass is 10.1. The highest BCUT2D eigenvalue weighted by Crippen LogP contribution is 2.28. The van der Waals surface area contributed by atoms with Crippen molar-refractivity contribution in [2.75, 3.05) is 31.7 Å². The molecule has 3 heterocycles. The van der Waals surface area contributed by atoms with E-state index in [-0.39, 0.29) is 5.82 Å². The van der Waals surface area contributed by atoms with Crippen molar-refractivity contribution in [2.24, 2.45) is 0 Å². The molecular weight excluding hydrogens is 419 g/mol. The SMILES string of the molecule is CCCCNc1nc(N)c2nc(-c3cncc(F)c3)n(Cc3ccc(CN(C)C)cc3)c2n1. The van der Waals surface area contributed by atoms with E-state index in [9.17, 15) is 4.39 Å². The molecule has 33 heavy (non-hydrogen) atoms. The first-order valence-corrected chi connectivity index (χ1v) is 11.1. The molecule has 4 aromatic rings. The zero-order valence-electron chi connectivity index (χ0n) is 19.2. The van der Waals surface area contributed by atoms with E-state index in [0.717, 1.165) is 31.5 Å². The first-order valence-electron chi connectivity index (χ1n) is 11.1. The number of fused-ring (bicyclic) bond motifs is 1. The van der Waals surface area contributed by atoms with Gasteiger partial charge in [-0.15, -0.1) is 0 Å². The number of anilines is 2. The van der Waals surface area contributed by atoms with Crippen molar-refractivity contribution in [3.05, 3.63) is 59.7 Å². The highest BCUT2D eigenvalue weighted by molar-refractivity contribution is 5.86. The van der Waals surface area contributed by atoms with Crippen LogP contribution in [-0.2, 0) is 13.1 Å².